The summed E-state index contributed by atoms with van der Waals surface area (Å²) in [6.45, 7) is 3.31. The second-order valence-corrected chi connectivity index (χ2v) is 13.6. The zero-order valence-corrected chi connectivity index (χ0v) is 26.1. The van der Waals surface area contributed by atoms with Gasteiger partial charge in [-0.25, -0.2) is 8.42 Å². The number of nitrogens with zero attached hydrogens (tertiary/aromatic N) is 2. The van der Waals surface area contributed by atoms with Crippen LogP contribution in [0.3, 0.4) is 0 Å². The molecule has 42 heavy (non-hydrogen) atoms. The third-order valence-electron chi connectivity index (χ3n) is 7.83. The molecule has 1 aliphatic carbocycles. The Balaban J connectivity index is 1.75. The number of nitrogens with one attached hydrogen (secondary N) is 1. The zero-order chi connectivity index (χ0) is 30.3. The number of rotatable bonds is 11. The molecule has 7 nitrogen and oxygen atoms in total. The van der Waals surface area contributed by atoms with Crippen LogP contribution in [0.4, 0.5) is 5.69 Å². The van der Waals surface area contributed by atoms with E-state index in [4.69, 9.17) is 11.6 Å². The van der Waals surface area contributed by atoms with Gasteiger partial charge in [-0.1, -0.05) is 91.5 Å². The van der Waals surface area contributed by atoms with Gasteiger partial charge in [0.15, 0.2) is 0 Å². The van der Waals surface area contributed by atoms with Crippen LogP contribution in [0.5, 0.6) is 0 Å². The molecule has 1 saturated carbocycles. The molecular weight excluding hydrogens is 570 g/mol. The van der Waals surface area contributed by atoms with Crippen molar-refractivity contribution >= 4 is 39.1 Å². The van der Waals surface area contributed by atoms with Crippen molar-refractivity contribution in [3.8, 4) is 0 Å². The number of hydrogen-bond acceptors (Lipinski definition) is 4. The predicted molar refractivity (Wildman–Crippen MR) is 169 cm³/mol. The lowest BCUT2D eigenvalue weighted by Crippen LogP contribution is -2.55. The van der Waals surface area contributed by atoms with Gasteiger partial charge in [-0.05, 0) is 61.1 Å². The minimum atomic E-state index is -3.83. The minimum absolute atomic E-state index is 0.0507. The summed E-state index contributed by atoms with van der Waals surface area (Å²) in [4.78, 5) is 29.9. The number of amides is 2. The van der Waals surface area contributed by atoms with Gasteiger partial charge in [0.25, 0.3) is 0 Å². The topological polar surface area (TPSA) is 86.8 Å². The number of aryl methyl sites for hydroxylation is 2. The Labute approximate surface area is 254 Å². The molecule has 1 atom stereocenters. The molecule has 9 heteroatoms. The third-order valence-corrected chi connectivity index (χ3v) is 9.18. The number of hydrogen-bond donors (Lipinski definition) is 1. The molecule has 224 valence electrons. The fraction of sp³-hybridized carbons (Fsp3) is 0.394. The maximum Gasteiger partial charge on any atom is 0.244 e. The van der Waals surface area contributed by atoms with Crippen molar-refractivity contribution in [3.63, 3.8) is 0 Å². The Morgan fingerprint density at radius 2 is 1.52 bits per heavy atom. The lowest BCUT2D eigenvalue weighted by Gasteiger charge is -2.35. The van der Waals surface area contributed by atoms with Crippen LogP contribution in [0.25, 0.3) is 0 Å². The summed E-state index contributed by atoms with van der Waals surface area (Å²) in [6, 6.07) is 21.4. The number of para-hydroxylation sites is 1. The van der Waals surface area contributed by atoms with Crippen LogP contribution < -0.4 is 9.62 Å². The SMILES string of the molecule is Cc1cccc(C)c1N(CC(=O)N(Cc1cccc(Cl)c1)C(Cc1ccccc1)C(=O)NC1CCCCC1)S(C)(=O)=O. The van der Waals surface area contributed by atoms with Gasteiger partial charge in [-0.2, -0.15) is 0 Å². The monoisotopic (exact) mass is 609 g/mol. The second-order valence-electron chi connectivity index (χ2n) is 11.2. The first-order valence-corrected chi connectivity index (χ1v) is 16.7. The molecule has 0 aliphatic heterocycles. The number of anilines is 1. The molecule has 0 radical (unpaired) electrons. The standard InChI is InChI=1S/C33H40ClN3O4S/c1-24-12-10-13-25(2)32(24)37(42(3,40)41)23-31(38)36(22-27-16-11-17-28(34)20-27)30(21-26-14-6-4-7-15-26)33(39)35-29-18-8-5-9-19-29/h4,6-7,10-17,20,29-30H,5,8-9,18-19,21-23H2,1-3H3,(H,35,39). The zero-order valence-electron chi connectivity index (χ0n) is 24.6. The highest BCUT2D eigenvalue weighted by molar-refractivity contribution is 7.92. The van der Waals surface area contributed by atoms with E-state index in [1.807, 2.05) is 68.4 Å². The van der Waals surface area contributed by atoms with Crippen LogP contribution in [0.2, 0.25) is 5.02 Å². The lowest BCUT2D eigenvalue weighted by atomic mass is 9.94. The van der Waals surface area contributed by atoms with Crippen LogP contribution in [0.15, 0.2) is 72.8 Å². The Bertz CT molecular complexity index is 1470. The summed E-state index contributed by atoms with van der Waals surface area (Å²) in [5.74, 6) is -0.707. The van der Waals surface area contributed by atoms with E-state index in [9.17, 15) is 18.0 Å². The number of halogens is 1. The Morgan fingerprint density at radius 3 is 2.14 bits per heavy atom. The highest BCUT2D eigenvalue weighted by Crippen LogP contribution is 2.28. The lowest BCUT2D eigenvalue weighted by molar-refractivity contribution is -0.140. The van der Waals surface area contributed by atoms with E-state index < -0.39 is 28.5 Å². The van der Waals surface area contributed by atoms with Crippen molar-refractivity contribution in [2.45, 2.75) is 71.0 Å². The number of carbonyl (C=O) groups excluding carboxylic acids is 2. The van der Waals surface area contributed by atoms with E-state index in [1.165, 1.54) is 4.90 Å². The summed E-state index contributed by atoms with van der Waals surface area (Å²) in [7, 11) is -3.83. The number of sulfonamides is 1. The van der Waals surface area contributed by atoms with Crippen molar-refractivity contribution in [1.82, 2.24) is 10.2 Å². The number of benzene rings is 3. The van der Waals surface area contributed by atoms with Gasteiger partial charge < -0.3 is 10.2 Å². The van der Waals surface area contributed by atoms with Crippen molar-refractivity contribution in [3.05, 3.63) is 100 Å². The molecule has 2 amide bonds. The van der Waals surface area contributed by atoms with Gasteiger partial charge in [0, 0.05) is 24.0 Å². The molecule has 1 N–H and O–H groups in total. The van der Waals surface area contributed by atoms with Crippen LogP contribution in [0, 0.1) is 13.8 Å². The average Bonchev–Trinajstić information content (AvgIpc) is 2.94. The first-order valence-electron chi connectivity index (χ1n) is 14.4. The summed E-state index contributed by atoms with van der Waals surface area (Å²) in [5.41, 5.74) is 3.61. The van der Waals surface area contributed by atoms with E-state index in [1.54, 1.807) is 18.2 Å². The van der Waals surface area contributed by atoms with Crippen LogP contribution in [0.1, 0.15) is 54.4 Å². The van der Waals surface area contributed by atoms with E-state index in [0.717, 1.165) is 64.9 Å². The van der Waals surface area contributed by atoms with Gasteiger partial charge in [-0.3, -0.25) is 13.9 Å². The molecule has 0 saturated heterocycles. The molecule has 0 heterocycles. The molecule has 0 spiro atoms. The third kappa shape index (κ3) is 8.35. The van der Waals surface area contributed by atoms with Crippen molar-refractivity contribution in [2.24, 2.45) is 0 Å². The van der Waals surface area contributed by atoms with E-state index >= 15 is 0 Å². The molecule has 0 bridgehead atoms. The van der Waals surface area contributed by atoms with E-state index in [-0.39, 0.29) is 24.9 Å². The van der Waals surface area contributed by atoms with Gasteiger partial charge in [0.2, 0.25) is 21.8 Å². The van der Waals surface area contributed by atoms with Crippen molar-refractivity contribution < 1.29 is 18.0 Å². The molecule has 0 aromatic heterocycles. The Kier molecular flexibility index (Phi) is 10.7. The van der Waals surface area contributed by atoms with Gasteiger partial charge in [0.05, 0.1) is 11.9 Å². The quantitative estimate of drug-likeness (QED) is 0.297. The normalized spacial score (nSPS) is 14.7. The maximum atomic E-state index is 14.3. The van der Waals surface area contributed by atoms with E-state index in [0.29, 0.717) is 10.7 Å². The summed E-state index contributed by atoms with van der Waals surface area (Å²) in [5, 5.41) is 3.73. The predicted octanol–water partition coefficient (Wildman–Crippen LogP) is 5.81. The van der Waals surface area contributed by atoms with Crippen LogP contribution >= 0.6 is 11.6 Å². The van der Waals surface area contributed by atoms with Crippen LogP contribution in [-0.4, -0.2) is 50.0 Å². The first kappa shape index (κ1) is 31.6. The molecule has 1 unspecified atom stereocenters. The van der Waals surface area contributed by atoms with Crippen LogP contribution in [-0.2, 0) is 32.6 Å². The molecule has 3 aromatic rings. The average molecular weight is 610 g/mol. The van der Waals surface area contributed by atoms with Crippen molar-refractivity contribution in [1.29, 1.82) is 0 Å². The highest BCUT2D eigenvalue weighted by Gasteiger charge is 2.34. The van der Waals surface area contributed by atoms with E-state index in [2.05, 4.69) is 5.32 Å². The summed E-state index contributed by atoms with van der Waals surface area (Å²) >= 11 is 6.30. The fourth-order valence-electron chi connectivity index (χ4n) is 5.71. The second kappa shape index (κ2) is 14.2. The minimum Gasteiger partial charge on any atom is -0.352 e. The summed E-state index contributed by atoms with van der Waals surface area (Å²) in [6.07, 6.45) is 6.45. The fourth-order valence-corrected chi connectivity index (χ4v) is 6.88. The Morgan fingerprint density at radius 1 is 0.905 bits per heavy atom. The van der Waals surface area contributed by atoms with Gasteiger partial charge in [0.1, 0.15) is 12.6 Å². The first-order chi connectivity index (χ1) is 20.0. The van der Waals surface area contributed by atoms with Gasteiger partial charge >= 0.3 is 0 Å². The molecule has 1 fully saturated rings. The molecule has 3 aromatic carbocycles. The number of carbonyl (C=O) groups is 2. The van der Waals surface area contributed by atoms with Crippen molar-refractivity contribution in [2.75, 3.05) is 17.1 Å². The Hall–Kier alpha value is -3.36. The largest absolute Gasteiger partial charge is 0.352 e. The van der Waals surface area contributed by atoms with Gasteiger partial charge in [-0.15, -0.1) is 0 Å². The highest BCUT2D eigenvalue weighted by atomic mass is 35.5. The summed E-state index contributed by atoms with van der Waals surface area (Å²) < 4.78 is 27.4. The maximum absolute atomic E-state index is 14.3. The molecular formula is C33H40ClN3O4S. The molecule has 4 rings (SSSR count). The smallest absolute Gasteiger partial charge is 0.244 e. The molecule has 1 aliphatic rings.